The van der Waals surface area contributed by atoms with E-state index in [1.807, 2.05) is 0 Å². The zero-order valence-corrected chi connectivity index (χ0v) is 10.9. The Balaban J connectivity index is 2.08. The molecule has 2 heterocycles. The molecule has 2 aromatic heterocycles. The van der Waals surface area contributed by atoms with E-state index in [-0.39, 0.29) is 10.2 Å². The smallest absolute Gasteiger partial charge is 0.223 e. The van der Waals surface area contributed by atoms with Gasteiger partial charge in [0.1, 0.15) is 5.82 Å². The summed E-state index contributed by atoms with van der Waals surface area (Å²) < 4.78 is 36.2. The van der Waals surface area contributed by atoms with Crippen LogP contribution in [0.1, 0.15) is 0 Å². The molecule has 2 N–H and O–H groups in total. The highest BCUT2D eigenvalue weighted by Gasteiger charge is 2.17. The van der Waals surface area contributed by atoms with Crippen LogP contribution in [0.5, 0.6) is 0 Å². The SMILES string of the molecule is NS(=O)(=O)c1nn2cc(-c3ccc(F)cc3)nc2s1. The number of sulfonamides is 1. The molecule has 9 heteroatoms. The molecule has 0 spiro atoms. The number of primary sulfonamides is 1. The largest absolute Gasteiger partial charge is 0.267 e. The van der Waals surface area contributed by atoms with Crippen molar-refractivity contribution >= 4 is 26.3 Å². The van der Waals surface area contributed by atoms with Gasteiger partial charge in [0, 0.05) is 5.56 Å². The lowest BCUT2D eigenvalue weighted by Crippen LogP contribution is -2.12. The van der Waals surface area contributed by atoms with Gasteiger partial charge in [0.25, 0.3) is 10.0 Å². The molecule has 0 aliphatic heterocycles. The molecule has 0 aliphatic carbocycles. The summed E-state index contributed by atoms with van der Waals surface area (Å²) >= 11 is 0.877. The third-order valence-electron chi connectivity index (χ3n) is 2.41. The first-order valence-electron chi connectivity index (χ1n) is 5.08. The Kier molecular flexibility index (Phi) is 2.62. The van der Waals surface area contributed by atoms with Crippen LogP contribution in [0, 0.1) is 5.82 Å². The van der Waals surface area contributed by atoms with Crippen LogP contribution in [0.2, 0.25) is 0 Å². The fourth-order valence-corrected chi connectivity index (χ4v) is 3.06. The molecule has 0 bridgehead atoms. The topological polar surface area (TPSA) is 90.4 Å². The van der Waals surface area contributed by atoms with Gasteiger partial charge in [-0.05, 0) is 24.3 Å². The van der Waals surface area contributed by atoms with Gasteiger partial charge in [0.15, 0.2) is 0 Å². The maximum absolute atomic E-state index is 12.8. The highest BCUT2D eigenvalue weighted by molar-refractivity contribution is 7.91. The minimum Gasteiger partial charge on any atom is -0.223 e. The zero-order chi connectivity index (χ0) is 13.6. The number of benzene rings is 1. The summed E-state index contributed by atoms with van der Waals surface area (Å²) in [7, 11) is -3.82. The summed E-state index contributed by atoms with van der Waals surface area (Å²) in [6.07, 6.45) is 1.56. The van der Waals surface area contributed by atoms with Crippen molar-refractivity contribution in [2.75, 3.05) is 0 Å². The molecule has 98 valence electrons. The Morgan fingerprint density at radius 1 is 1.26 bits per heavy atom. The first kappa shape index (κ1) is 12.2. The van der Waals surface area contributed by atoms with E-state index in [2.05, 4.69) is 10.1 Å². The predicted molar refractivity (Wildman–Crippen MR) is 67.6 cm³/mol. The number of imidazole rings is 1. The number of nitrogens with zero attached hydrogens (tertiary/aromatic N) is 3. The van der Waals surface area contributed by atoms with Crippen LogP contribution in [-0.2, 0) is 10.0 Å². The maximum Gasteiger partial charge on any atom is 0.267 e. The van der Waals surface area contributed by atoms with Crippen LogP contribution in [0.3, 0.4) is 0 Å². The lowest BCUT2D eigenvalue weighted by molar-refractivity contribution is 0.595. The third-order valence-corrected chi connectivity index (χ3v) is 4.64. The first-order valence-corrected chi connectivity index (χ1v) is 7.45. The molecule has 0 saturated heterocycles. The first-order chi connectivity index (χ1) is 8.93. The zero-order valence-electron chi connectivity index (χ0n) is 9.32. The molecule has 19 heavy (non-hydrogen) atoms. The van der Waals surface area contributed by atoms with E-state index in [0.717, 1.165) is 16.9 Å². The summed E-state index contributed by atoms with van der Waals surface area (Å²) in [5.74, 6) is -0.334. The van der Waals surface area contributed by atoms with E-state index in [1.165, 1.54) is 16.6 Å². The lowest BCUT2D eigenvalue weighted by atomic mass is 10.2. The fourth-order valence-electron chi connectivity index (χ4n) is 1.56. The summed E-state index contributed by atoms with van der Waals surface area (Å²) in [6.45, 7) is 0. The second-order valence-corrected chi connectivity index (χ2v) is 6.46. The maximum atomic E-state index is 12.8. The molecule has 6 nitrogen and oxygen atoms in total. The summed E-state index contributed by atoms with van der Waals surface area (Å²) in [4.78, 5) is 4.63. The number of aromatic nitrogens is 3. The Bertz CT molecular complexity index is 820. The van der Waals surface area contributed by atoms with E-state index in [1.54, 1.807) is 18.3 Å². The van der Waals surface area contributed by atoms with Crippen molar-refractivity contribution < 1.29 is 12.8 Å². The summed E-state index contributed by atoms with van der Waals surface area (Å²) in [6, 6.07) is 5.82. The molecule has 0 radical (unpaired) electrons. The number of nitrogens with two attached hydrogens (primary N) is 1. The van der Waals surface area contributed by atoms with Crippen LogP contribution in [0.15, 0.2) is 34.8 Å². The van der Waals surface area contributed by atoms with Crippen LogP contribution < -0.4 is 5.14 Å². The Labute approximate surface area is 111 Å². The van der Waals surface area contributed by atoms with Gasteiger partial charge in [0.05, 0.1) is 11.9 Å². The number of hydrogen-bond acceptors (Lipinski definition) is 5. The number of hydrogen-bond donors (Lipinski definition) is 1. The van der Waals surface area contributed by atoms with Gasteiger partial charge in [-0.15, -0.1) is 5.10 Å². The number of rotatable bonds is 2. The molecule has 0 amide bonds. The molecule has 0 aliphatic rings. The second kappa shape index (κ2) is 4.08. The molecule has 0 saturated carbocycles. The Morgan fingerprint density at radius 2 is 1.95 bits per heavy atom. The van der Waals surface area contributed by atoms with Gasteiger partial charge < -0.3 is 0 Å². The predicted octanol–water partition coefficient (Wildman–Crippen LogP) is 1.24. The lowest BCUT2D eigenvalue weighted by Gasteiger charge is -1.94. The summed E-state index contributed by atoms with van der Waals surface area (Å²) in [5, 5.41) is 8.82. The highest BCUT2D eigenvalue weighted by atomic mass is 32.2. The average Bonchev–Trinajstić information content (AvgIpc) is 2.86. The van der Waals surface area contributed by atoms with Gasteiger partial charge in [-0.2, -0.15) is 0 Å². The second-order valence-electron chi connectivity index (χ2n) is 3.77. The van der Waals surface area contributed by atoms with Crippen LogP contribution >= 0.6 is 11.3 Å². The summed E-state index contributed by atoms with van der Waals surface area (Å²) in [5.41, 5.74) is 1.30. The third kappa shape index (κ3) is 2.23. The van der Waals surface area contributed by atoms with Crippen molar-refractivity contribution in [2.45, 2.75) is 4.34 Å². The highest BCUT2D eigenvalue weighted by Crippen LogP contribution is 2.23. The van der Waals surface area contributed by atoms with E-state index in [9.17, 15) is 12.8 Å². The van der Waals surface area contributed by atoms with Gasteiger partial charge in [-0.3, -0.25) is 0 Å². The Morgan fingerprint density at radius 3 is 2.53 bits per heavy atom. The van der Waals surface area contributed by atoms with Crippen LogP contribution in [-0.4, -0.2) is 23.0 Å². The van der Waals surface area contributed by atoms with Gasteiger partial charge in [-0.1, -0.05) is 11.3 Å². The molecular weight excluding hydrogens is 291 g/mol. The minimum absolute atomic E-state index is 0.194. The molecular formula is C10H7FN4O2S2. The Hall–Kier alpha value is -1.84. The molecule has 1 aromatic carbocycles. The number of halogens is 1. The molecule has 3 aromatic rings. The van der Waals surface area contributed by atoms with E-state index < -0.39 is 10.0 Å². The quantitative estimate of drug-likeness (QED) is 0.770. The van der Waals surface area contributed by atoms with Crippen molar-refractivity contribution in [2.24, 2.45) is 5.14 Å². The number of fused-ring (bicyclic) bond motifs is 1. The minimum atomic E-state index is -3.82. The van der Waals surface area contributed by atoms with E-state index in [4.69, 9.17) is 5.14 Å². The van der Waals surface area contributed by atoms with Crippen LogP contribution in [0.25, 0.3) is 16.2 Å². The van der Waals surface area contributed by atoms with Gasteiger partial charge >= 0.3 is 0 Å². The van der Waals surface area contributed by atoms with Crippen LogP contribution in [0.4, 0.5) is 4.39 Å². The molecule has 0 atom stereocenters. The van der Waals surface area contributed by atoms with Crippen molar-refractivity contribution in [3.05, 3.63) is 36.3 Å². The van der Waals surface area contributed by atoms with E-state index >= 15 is 0 Å². The monoisotopic (exact) mass is 298 g/mol. The standard InChI is InChI=1S/C10H7FN4O2S2/c11-7-3-1-6(2-4-7)8-5-15-9(13-8)18-10(14-15)19(12,16)17/h1-5H,(H2,12,16,17). The molecule has 3 rings (SSSR count). The molecule has 0 fully saturated rings. The fraction of sp³-hybridized carbons (Fsp3) is 0. The normalized spacial score (nSPS) is 12.1. The van der Waals surface area contributed by atoms with Gasteiger partial charge in [0.2, 0.25) is 9.30 Å². The van der Waals surface area contributed by atoms with Gasteiger partial charge in [-0.25, -0.2) is 27.4 Å². The van der Waals surface area contributed by atoms with Crippen molar-refractivity contribution in [3.8, 4) is 11.3 Å². The molecule has 0 unspecified atom stereocenters. The van der Waals surface area contributed by atoms with Crippen molar-refractivity contribution in [3.63, 3.8) is 0 Å². The van der Waals surface area contributed by atoms with Crippen molar-refractivity contribution in [1.29, 1.82) is 0 Å². The average molecular weight is 298 g/mol. The van der Waals surface area contributed by atoms with E-state index in [0.29, 0.717) is 10.7 Å². The van der Waals surface area contributed by atoms with Crippen molar-refractivity contribution in [1.82, 2.24) is 14.6 Å².